The van der Waals surface area contributed by atoms with E-state index in [-0.39, 0.29) is 13.0 Å². The quantitative estimate of drug-likeness (QED) is 0.688. The highest BCUT2D eigenvalue weighted by Crippen LogP contribution is 2.17. The highest BCUT2D eigenvalue weighted by Gasteiger charge is 2.18. The number of carbonyl (C=O) groups is 3. The minimum Gasteiger partial charge on any atom is -0.494 e. The number of imide groups is 1. The zero-order valence-corrected chi connectivity index (χ0v) is 13.0. The molecular formula is C15H20N2O6. The van der Waals surface area contributed by atoms with Crippen LogP contribution in [0.1, 0.15) is 20.3 Å². The monoisotopic (exact) mass is 324 g/mol. The molecule has 126 valence electrons. The van der Waals surface area contributed by atoms with Crippen molar-refractivity contribution in [1.82, 2.24) is 5.32 Å². The highest BCUT2D eigenvalue weighted by molar-refractivity contribution is 5.96. The summed E-state index contributed by atoms with van der Waals surface area (Å²) in [5.41, 5.74) is 4.80. The van der Waals surface area contributed by atoms with E-state index in [1.807, 2.05) is 12.2 Å². The maximum atomic E-state index is 11.6. The molecule has 0 aliphatic rings. The first-order valence-corrected chi connectivity index (χ1v) is 7.07. The minimum atomic E-state index is -1.11. The summed E-state index contributed by atoms with van der Waals surface area (Å²) >= 11 is 0. The van der Waals surface area contributed by atoms with Gasteiger partial charge in [-0.1, -0.05) is 0 Å². The van der Waals surface area contributed by atoms with Crippen LogP contribution in [0, 0.1) is 0 Å². The van der Waals surface area contributed by atoms with Gasteiger partial charge in [-0.15, -0.1) is 0 Å². The van der Waals surface area contributed by atoms with Crippen molar-refractivity contribution in [3.63, 3.8) is 0 Å². The SMILES string of the molecule is CCOc1ccc(OCCC(=O)OC(C)C(=O)NC(N)=O)cc1. The van der Waals surface area contributed by atoms with E-state index in [1.165, 1.54) is 6.92 Å². The Bertz CT molecular complexity index is 543. The molecule has 1 unspecified atom stereocenters. The molecular weight excluding hydrogens is 304 g/mol. The zero-order valence-electron chi connectivity index (χ0n) is 13.0. The Hall–Kier alpha value is -2.77. The van der Waals surface area contributed by atoms with Gasteiger partial charge in [0.2, 0.25) is 0 Å². The van der Waals surface area contributed by atoms with E-state index in [0.717, 1.165) is 5.75 Å². The number of esters is 1. The average Bonchev–Trinajstić information content (AvgIpc) is 2.48. The number of benzene rings is 1. The van der Waals surface area contributed by atoms with Crippen LogP contribution in [0.5, 0.6) is 11.5 Å². The van der Waals surface area contributed by atoms with Crippen molar-refractivity contribution in [3.05, 3.63) is 24.3 Å². The van der Waals surface area contributed by atoms with Crippen molar-refractivity contribution in [2.45, 2.75) is 26.4 Å². The van der Waals surface area contributed by atoms with E-state index in [2.05, 4.69) is 0 Å². The van der Waals surface area contributed by atoms with Gasteiger partial charge < -0.3 is 19.9 Å². The van der Waals surface area contributed by atoms with Crippen LogP contribution in [-0.2, 0) is 14.3 Å². The Morgan fingerprint density at radius 1 is 1.13 bits per heavy atom. The fourth-order valence-electron chi connectivity index (χ4n) is 1.58. The number of hydrogen-bond acceptors (Lipinski definition) is 6. The Labute approximate surface area is 133 Å². The second-order valence-corrected chi connectivity index (χ2v) is 4.49. The van der Waals surface area contributed by atoms with Crippen LogP contribution in [-0.4, -0.2) is 37.2 Å². The first-order valence-electron chi connectivity index (χ1n) is 7.07. The molecule has 0 aromatic heterocycles. The molecule has 0 bridgehead atoms. The first kappa shape index (κ1) is 18.3. The molecule has 0 fully saturated rings. The molecule has 8 nitrogen and oxygen atoms in total. The van der Waals surface area contributed by atoms with Crippen molar-refractivity contribution in [2.24, 2.45) is 5.73 Å². The topological polar surface area (TPSA) is 117 Å². The molecule has 0 saturated carbocycles. The van der Waals surface area contributed by atoms with E-state index in [0.29, 0.717) is 12.4 Å². The van der Waals surface area contributed by atoms with Gasteiger partial charge in [0.1, 0.15) is 11.5 Å². The smallest absolute Gasteiger partial charge is 0.318 e. The molecule has 3 amide bonds. The van der Waals surface area contributed by atoms with Crippen LogP contribution in [0.25, 0.3) is 0 Å². The Morgan fingerprint density at radius 3 is 2.22 bits per heavy atom. The fraction of sp³-hybridized carbons (Fsp3) is 0.400. The number of rotatable bonds is 8. The summed E-state index contributed by atoms with van der Waals surface area (Å²) in [7, 11) is 0. The van der Waals surface area contributed by atoms with Crippen LogP contribution in [0.4, 0.5) is 4.79 Å². The number of hydrogen-bond donors (Lipinski definition) is 2. The third kappa shape index (κ3) is 7.16. The molecule has 3 N–H and O–H groups in total. The lowest BCUT2D eigenvalue weighted by atomic mass is 10.3. The van der Waals surface area contributed by atoms with E-state index < -0.39 is 24.0 Å². The standard InChI is InChI=1S/C15H20N2O6/c1-3-21-11-4-6-12(7-5-11)22-9-8-13(18)23-10(2)14(19)17-15(16)20/h4-7,10H,3,8-9H2,1-2H3,(H3,16,17,19,20). The molecule has 0 heterocycles. The van der Waals surface area contributed by atoms with Gasteiger partial charge in [-0.05, 0) is 38.1 Å². The average molecular weight is 324 g/mol. The van der Waals surface area contributed by atoms with Gasteiger partial charge in [-0.2, -0.15) is 0 Å². The molecule has 0 aliphatic heterocycles. The molecule has 0 radical (unpaired) electrons. The molecule has 0 aliphatic carbocycles. The first-order chi connectivity index (χ1) is 10.9. The summed E-state index contributed by atoms with van der Waals surface area (Å²) in [5, 5.41) is 1.83. The van der Waals surface area contributed by atoms with Gasteiger partial charge in [-0.25, -0.2) is 4.79 Å². The van der Waals surface area contributed by atoms with Crippen LogP contribution in [0.3, 0.4) is 0 Å². The van der Waals surface area contributed by atoms with E-state index in [4.69, 9.17) is 19.9 Å². The van der Waals surface area contributed by atoms with Crippen LogP contribution in [0.2, 0.25) is 0 Å². The number of urea groups is 1. The zero-order chi connectivity index (χ0) is 17.2. The normalized spacial score (nSPS) is 11.2. The molecule has 1 atom stereocenters. The lowest BCUT2D eigenvalue weighted by molar-refractivity contribution is -0.154. The van der Waals surface area contributed by atoms with E-state index in [9.17, 15) is 14.4 Å². The Balaban J connectivity index is 2.30. The van der Waals surface area contributed by atoms with Crippen LogP contribution >= 0.6 is 0 Å². The summed E-state index contributed by atoms with van der Waals surface area (Å²) in [4.78, 5) is 33.4. The van der Waals surface area contributed by atoms with Gasteiger partial charge in [-0.3, -0.25) is 14.9 Å². The highest BCUT2D eigenvalue weighted by atomic mass is 16.6. The number of primary amides is 1. The lowest BCUT2D eigenvalue weighted by Gasteiger charge is -2.12. The van der Waals surface area contributed by atoms with Crippen LogP contribution < -0.4 is 20.5 Å². The maximum Gasteiger partial charge on any atom is 0.318 e. The predicted molar refractivity (Wildman–Crippen MR) is 81.0 cm³/mol. The molecule has 1 rings (SSSR count). The maximum absolute atomic E-state index is 11.6. The van der Waals surface area contributed by atoms with Gasteiger partial charge in [0.15, 0.2) is 6.10 Å². The largest absolute Gasteiger partial charge is 0.494 e. The molecule has 0 saturated heterocycles. The molecule has 1 aromatic carbocycles. The van der Waals surface area contributed by atoms with Gasteiger partial charge in [0.05, 0.1) is 19.6 Å². The van der Waals surface area contributed by atoms with Gasteiger partial charge in [0, 0.05) is 0 Å². The van der Waals surface area contributed by atoms with Gasteiger partial charge in [0.25, 0.3) is 5.91 Å². The summed E-state index contributed by atoms with van der Waals surface area (Å²) in [6.45, 7) is 3.90. The molecule has 8 heteroatoms. The van der Waals surface area contributed by atoms with Crippen molar-refractivity contribution < 1.29 is 28.6 Å². The van der Waals surface area contributed by atoms with Crippen molar-refractivity contribution >= 4 is 17.9 Å². The summed E-state index contributed by atoms with van der Waals surface area (Å²) in [5.74, 6) is -0.0874. The van der Waals surface area contributed by atoms with Crippen LogP contribution in [0.15, 0.2) is 24.3 Å². The number of carbonyl (C=O) groups excluding carboxylic acids is 3. The Morgan fingerprint density at radius 2 is 1.70 bits per heavy atom. The van der Waals surface area contributed by atoms with Crippen molar-refractivity contribution in [3.8, 4) is 11.5 Å². The summed E-state index contributed by atoms with van der Waals surface area (Å²) in [6.07, 6.45) is -1.15. The summed E-state index contributed by atoms with van der Waals surface area (Å²) in [6, 6.07) is 5.95. The molecule has 0 spiro atoms. The number of amides is 3. The van der Waals surface area contributed by atoms with Gasteiger partial charge >= 0.3 is 12.0 Å². The number of nitrogens with one attached hydrogen (secondary N) is 1. The van der Waals surface area contributed by atoms with Crippen molar-refractivity contribution in [1.29, 1.82) is 0 Å². The third-order valence-electron chi connectivity index (χ3n) is 2.63. The molecule has 23 heavy (non-hydrogen) atoms. The molecule has 1 aromatic rings. The fourth-order valence-corrected chi connectivity index (χ4v) is 1.58. The number of ether oxygens (including phenoxy) is 3. The number of nitrogens with two attached hydrogens (primary N) is 1. The predicted octanol–water partition coefficient (Wildman–Crippen LogP) is 0.981. The minimum absolute atomic E-state index is 0.0403. The second-order valence-electron chi connectivity index (χ2n) is 4.49. The lowest BCUT2D eigenvalue weighted by Crippen LogP contribution is -2.42. The third-order valence-corrected chi connectivity index (χ3v) is 2.63. The summed E-state index contributed by atoms with van der Waals surface area (Å²) < 4.78 is 15.5. The van der Waals surface area contributed by atoms with Crippen molar-refractivity contribution in [2.75, 3.05) is 13.2 Å². The van der Waals surface area contributed by atoms with E-state index in [1.54, 1.807) is 24.3 Å². The van der Waals surface area contributed by atoms with E-state index >= 15 is 0 Å². The second kappa shape index (κ2) is 9.29. The Kier molecular flexibility index (Phi) is 7.38.